The van der Waals surface area contributed by atoms with Gasteiger partial charge in [0.2, 0.25) is 0 Å². The predicted molar refractivity (Wildman–Crippen MR) is 102 cm³/mol. The first-order valence-electron chi connectivity index (χ1n) is 9.66. The average molecular weight is 367 g/mol. The van der Waals surface area contributed by atoms with Gasteiger partial charge in [-0.3, -0.25) is 4.79 Å². The van der Waals surface area contributed by atoms with Crippen LogP contribution < -0.4 is 5.32 Å². The van der Waals surface area contributed by atoms with Crippen LogP contribution in [0.5, 0.6) is 0 Å². The number of H-pyrrole nitrogens is 1. The molecule has 3 amide bonds. The van der Waals surface area contributed by atoms with Crippen LogP contribution in [0.3, 0.4) is 0 Å². The summed E-state index contributed by atoms with van der Waals surface area (Å²) >= 11 is 0. The van der Waals surface area contributed by atoms with E-state index < -0.39 is 0 Å². The van der Waals surface area contributed by atoms with E-state index in [9.17, 15) is 9.59 Å². The van der Waals surface area contributed by atoms with Gasteiger partial charge in [-0.05, 0) is 31.7 Å². The van der Waals surface area contributed by atoms with E-state index in [0.717, 1.165) is 44.3 Å². The highest BCUT2D eigenvalue weighted by molar-refractivity contribution is 6.00. The quantitative estimate of drug-likeness (QED) is 0.874. The minimum Gasteiger partial charge on any atom is -0.349 e. The Bertz CT molecular complexity index is 790. The molecule has 0 saturated carbocycles. The Kier molecular flexibility index (Phi) is 5.09. The third kappa shape index (κ3) is 3.82. The summed E-state index contributed by atoms with van der Waals surface area (Å²) < 4.78 is 0. The molecule has 2 saturated heterocycles. The highest BCUT2D eigenvalue weighted by atomic mass is 16.2. The number of nitrogens with one attached hydrogen (secondary N) is 2. The number of aromatic amines is 1. The number of benzene rings is 1. The Morgan fingerprint density at radius 3 is 2.44 bits per heavy atom. The third-order valence-electron chi connectivity index (χ3n) is 5.40. The van der Waals surface area contributed by atoms with Gasteiger partial charge in [0.25, 0.3) is 5.91 Å². The zero-order valence-electron chi connectivity index (χ0n) is 15.4. The Balaban J connectivity index is 1.36. The van der Waals surface area contributed by atoms with Crippen LogP contribution in [0.2, 0.25) is 0 Å². The van der Waals surface area contributed by atoms with Gasteiger partial charge in [0, 0.05) is 50.2 Å². The van der Waals surface area contributed by atoms with Crippen molar-refractivity contribution >= 4 is 11.9 Å². The molecule has 1 aromatic carbocycles. The van der Waals surface area contributed by atoms with Crippen LogP contribution >= 0.6 is 0 Å². The van der Waals surface area contributed by atoms with E-state index in [-0.39, 0.29) is 18.0 Å². The van der Waals surface area contributed by atoms with Crippen LogP contribution in [0.1, 0.15) is 36.0 Å². The van der Waals surface area contributed by atoms with Crippen molar-refractivity contribution in [2.75, 3.05) is 26.2 Å². The lowest BCUT2D eigenvalue weighted by Gasteiger charge is -2.34. The molecule has 1 aromatic heterocycles. The maximum atomic E-state index is 12.8. The van der Waals surface area contributed by atoms with Gasteiger partial charge in [-0.15, -0.1) is 0 Å². The van der Waals surface area contributed by atoms with Gasteiger partial charge in [0.05, 0.1) is 5.56 Å². The van der Waals surface area contributed by atoms with Crippen molar-refractivity contribution < 1.29 is 9.59 Å². The van der Waals surface area contributed by atoms with E-state index in [2.05, 4.69) is 15.3 Å². The number of carbonyl (C=O) groups excluding carboxylic acids is 2. The largest absolute Gasteiger partial charge is 0.349 e. The van der Waals surface area contributed by atoms with Gasteiger partial charge in [0.15, 0.2) is 0 Å². The minimum atomic E-state index is -0.0914. The molecule has 7 nitrogen and oxygen atoms in total. The molecule has 0 unspecified atom stereocenters. The monoisotopic (exact) mass is 367 g/mol. The van der Waals surface area contributed by atoms with Crippen LogP contribution in [-0.2, 0) is 0 Å². The Morgan fingerprint density at radius 2 is 1.74 bits per heavy atom. The molecule has 2 aliphatic heterocycles. The summed E-state index contributed by atoms with van der Waals surface area (Å²) in [5, 5.41) is 3.13. The summed E-state index contributed by atoms with van der Waals surface area (Å²) in [5.74, 6) is 0.595. The van der Waals surface area contributed by atoms with Crippen molar-refractivity contribution in [3.63, 3.8) is 0 Å². The maximum Gasteiger partial charge on any atom is 0.319 e. The normalized spacial score (nSPS) is 17.9. The number of carbonyl (C=O) groups is 2. The molecule has 27 heavy (non-hydrogen) atoms. The molecule has 2 fully saturated rings. The van der Waals surface area contributed by atoms with Crippen molar-refractivity contribution in [2.45, 2.75) is 31.7 Å². The number of nitrogens with zero attached hydrogens (tertiary/aromatic N) is 3. The lowest BCUT2D eigenvalue weighted by atomic mass is 10.0. The second kappa shape index (κ2) is 7.82. The fourth-order valence-corrected chi connectivity index (χ4v) is 3.89. The van der Waals surface area contributed by atoms with E-state index in [1.165, 1.54) is 0 Å². The SMILES string of the molecule is O=C(NC1CCN(C(=O)N2CCCC2)CC1)c1ccccc1-c1ncc[nH]1. The predicted octanol–water partition coefficient (Wildman–Crippen LogP) is 2.49. The smallest absolute Gasteiger partial charge is 0.319 e. The summed E-state index contributed by atoms with van der Waals surface area (Å²) in [6.07, 6.45) is 7.21. The first kappa shape index (κ1) is 17.6. The average Bonchev–Trinajstić information content (AvgIpc) is 3.42. The summed E-state index contributed by atoms with van der Waals surface area (Å²) in [5.41, 5.74) is 1.41. The summed E-state index contributed by atoms with van der Waals surface area (Å²) in [7, 11) is 0. The molecule has 2 N–H and O–H groups in total. The summed E-state index contributed by atoms with van der Waals surface area (Å²) in [6.45, 7) is 3.14. The standard InChI is InChI=1S/C20H25N5O2/c26-19(17-6-2-1-5-16(17)18-21-9-10-22-18)23-15-7-13-25(14-8-15)20(27)24-11-3-4-12-24/h1-2,5-6,9-10,15H,3-4,7-8,11-14H2,(H,21,22)(H,23,26). The molecule has 3 heterocycles. The van der Waals surface area contributed by atoms with Gasteiger partial charge in [-0.1, -0.05) is 18.2 Å². The van der Waals surface area contributed by atoms with Gasteiger partial charge in [-0.2, -0.15) is 0 Å². The second-order valence-corrected chi connectivity index (χ2v) is 7.19. The molecule has 0 atom stereocenters. The zero-order chi connectivity index (χ0) is 18.6. The molecule has 0 bridgehead atoms. The number of likely N-dealkylation sites (tertiary alicyclic amines) is 2. The lowest BCUT2D eigenvalue weighted by molar-refractivity contribution is 0.0913. The van der Waals surface area contributed by atoms with Crippen molar-refractivity contribution in [3.05, 3.63) is 42.2 Å². The lowest BCUT2D eigenvalue weighted by Crippen LogP contribution is -2.50. The fourth-order valence-electron chi connectivity index (χ4n) is 3.89. The van der Waals surface area contributed by atoms with E-state index in [4.69, 9.17) is 0 Å². The first-order chi connectivity index (χ1) is 13.2. The molecule has 4 rings (SSSR count). The van der Waals surface area contributed by atoms with Crippen LogP contribution in [-0.4, -0.2) is 63.9 Å². The highest BCUT2D eigenvalue weighted by Crippen LogP contribution is 2.21. The minimum absolute atomic E-state index is 0.0878. The molecule has 142 valence electrons. The molecule has 2 aromatic rings. The number of hydrogen-bond donors (Lipinski definition) is 2. The van der Waals surface area contributed by atoms with Crippen molar-refractivity contribution in [1.29, 1.82) is 0 Å². The van der Waals surface area contributed by atoms with Crippen LogP contribution in [0.15, 0.2) is 36.7 Å². The molecular weight excluding hydrogens is 342 g/mol. The second-order valence-electron chi connectivity index (χ2n) is 7.19. The van der Waals surface area contributed by atoms with Gasteiger partial charge < -0.3 is 20.1 Å². The number of hydrogen-bond acceptors (Lipinski definition) is 3. The molecule has 2 aliphatic rings. The van der Waals surface area contributed by atoms with Crippen molar-refractivity contribution in [2.24, 2.45) is 0 Å². The van der Waals surface area contributed by atoms with E-state index in [1.54, 1.807) is 12.4 Å². The van der Waals surface area contributed by atoms with Crippen LogP contribution in [0.4, 0.5) is 4.79 Å². The zero-order valence-corrected chi connectivity index (χ0v) is 15.4. The Labute approximate surface area is 158 Å². The molecule has 0 radical (unpaired) electrons. The third-order valence-corrected chi connectivity index (χ3v) is 5.40. The van der Waals surface area contributed by atoms with Crippen LogP contribution in [0, 0.1) is 0 Å². The molecule has 7 heteroatoms. The van der Waals surface area contributed by atoms with E-state index >= 15 is 0 Å². The van der Waals surface area contributed by atoms with Gasteiger partial charge in [-0.25, -0.2) is 9.78 Å². The first-order valence-corrected chi connectivity index (χ1v) is 9.66. The molecule has 0 spiro atoms. The molecular formula is C20H25N5O2. The van der Waals surface area contributed by atoms with E-state index in [0.29, 0.717) is 24.5 Å². The topological polar surface area (TPSA) is 81.3 Å². The van der Waals surface area contributed by atoms with Gasteiger partial charge in [0.1, 0.15) is 5.82 Å². The van der Waals surface area contributed by atoms with Crippen molar-refractivity contribution in [1.82, 2.24) is 25.1 Å². The Morgan fingerprint density at radius 1 is 1.04 bits per heavy atom. The highest BCUT2D eigenvalue weighted by Gasteiger charge is 2.28. The summed E-state index contributed by atoms with van der Waals surface area (Å²) in [4.78, 5) is 36.5. The number of rotatable bonds is 3. The van der Waals surface area contributed by atoms with E-state index in [1.807, 2.05) is 34.1 Å². The number of urea groups is 1. The summed E-state index contributed by atoms with van der Waals surface area (Å²) in [6, 6.07) is 7.71. The van der Waals surface area contributed by atoms with Crippen LogP contribution in [0.25, 0.3) is 11.4 Å². The van der Waals surface area contributed by atoms with Crippen molar-refractivity contribution in [3.8, 4) is 11.4 Å². The van der Waals surface area contributed by atoms with Gasteiger partial charge >= 0.3 is 6.03 Å². The number of piperidine rings is 1. The number of aromatic nitrogens is 2. The number of imidazole rings is 1. The molecule has 0 aliphatic carbocycles. The Hall–Kier alpha value is -2.83. The maximum absolute atomic E-state index is 12.8. The fraction of sp³-hybridized carbons (Fsp3) is 0.450. The number of amides is 3.